The molecule has 0 saturated heterocycles. The number of carbonyl (C=O) groups is 1. The molecule has 7 nitrogen and oxygen atoms in total. The number of hydrogen-bond acceptors (Lipinski definition) is 5. The highest BCUT2D eigenvalue weighted by Crippen LogP contribution is 2.35. The summed E-state index contributed by atoms with van der Waals surface area (Å²) in [5.74, 6) is -0.441. The van der Waals surface area contributed by atoms with E-state index in [2.05, 4.69) is 4.98 Å². The molecule has 1 amide bonds. The van der Waals surface area contributed by atoms with Crippen LogP contribution >= 0.6 is 11.6 Å². The number of benzene rings is 2. The molecule has 156 valence electrons. The van der Waals surface area contributed by atoms with Gasteiger partial charge in [-0.05, 0) is 36.2 Å². The maximum Gasteiger partial charge on any atom is 0.245 e. The highest BCUT2D eigenvalue weighted by molar-refractivity contribution is 7.89. The van der Waals surface area contributed by atoms with E-state index in [0.29, 0.717) is 38.9 Å². The fourth-order valence-corrected chi connectivity index (χ4v) is 3.92. The van der Waals surface area contributed by atoms with E-state index in [1.807, 2.05) is 0 Å². The van der Waals surface area contributed by atoms with Gasteiger partial charge in [-0.15, -0.1) is 0 Å². The van der Waals surface area contributed by atoms with Crippen molar-refractivity contribution in [2.24, 2.45) is 5.14 Å². The van der Waals surface area contributed by atoms with Crippen molar-refractivity contribution in [1.82, 2.24) is 10.0 Å². The Labute approximate surface area is 179 Å². The van der Waals surface area contributed by atoms with Crippen LogP contribution in [0.3, 0.4) is 0 Å². The largest absolute Gasteiger partial charge is 0.286 e. The smallest absolute Gasteiger partial charge is 0.245 e. The molecule has 3 rings (SSSR count). The number of aryl methyl sites for hydroxylation is 1. The number of nitrogens with zero attached hydrogens (tertiary/aromatic N) is 2. The lowest BCUT2D eigenvalue weighted by Crippen LogP contribution is -2.22. The van der Waals surface area contributed by atoms with Gasteiger partial charge in [0.15, 0.2) is 0 Å². The second kappa shape index (κ2) is 8.93. The van der Waals surface area contributed by atoms with Gasteiger partial charge in [0, 0.05) is 41.4 Å². The third-order valence-electron chi connectivity index (χ3n) is 4.53. The van der Waals surface area contributed by atoms with Crippen LogP contribution in [0.15, 0.2) is 65.7 Å². The molecule has 9 heteroatoms. The minimum atomic E-state index is -3.98. The molecule has 0 spiro atoms. The number of hydrogen-bond donors (Lipinski definition) is 2. The average Bonchev–Trinajstić information content (AvgIpc) is 2.72. The SMILES string of the molecule is CN(O)C(=O)CCc1cnc(-c2ccc(Cl)cc2)c(-c2ccccc2S(N)(=O)=O)c1. The summed E-state index contributed by atoms with van der Waals surface area (Å²) in [5.41, 5.74) is 2.98. The van der Waals surface area contributed by atoms with Gasteiger partial charge < -0.3 is 0 Å². The van der Waals surface area contributed by atoms with E-state index in [4.69, 9.17) is 16.7 Å². The molecular weight excluding hydrogens is 426 g/mol. The predicted molar refractivity (Wildman–Crippen MR) is 114 cm³/mol. The summed E-state index contributed by atoms with van der Waals surface area (Å²) < 4.78 is 24.3. The second-order valence-electron chi connectivity index (χ2n) is 6.71. The van der Waals surface area contributed by atoms with Gasteiger partial charge in [-0.25, -0.2) is 18.6 Å². The summed E-state index contributed by atoms with van der Waals surface area (Å²) in [7, 11) is -2.72. The maximum atomic E-state index is 12.2. The summed E-state index contributed by atoms with van der Waals surface area (Å²) in [6.45, 7) is 0. The molecule has 2 aromatic carbocycles. The van der Waals surface area contributed by atoms with Crippen molar-refractivity contribution in [3.8, 4) is 22.4 Å². The van der Waals surface area contributed by atoms with Crippen molar-refractivity contribution >= 4 is 27.5 Å². The number of halogens is 1. The highest BCUT2D eigenvalue weighted by Gasteiger charge is 2.19. The van der Waals surface area contributed by atoms with Gasteiger partial charge in [0.1, 0.15) is 0 Å². The number of sulfonamides is 1. The molecule has 1 heterocycles. The van der Waals surface area contributed by atoms with Gasteiger partial charge in [-0.1, -0.05) is 41.9 Å². The van der Waals surface area contributed by atoms with Gasteiger partial charge in [0.2, 0.25) is 15.9 Å². The third kappa shape index (κ3) is 5.03. The predicted octanol–water partition coefficient (Wildman–Crippen LogP) is 3.50. The van der Waals surface area contributed by atoms with Crippen LogP contribution in [-0.4, -0.2) is 36.6 Å². The Kier molecular flexibility index (Phi) is 6.52. The molecule has 0 unspecified atom stereocenters. The Balaban J connectivity index is 2.16. The second-order valence-corrected chi connectivity index (χ2v) is 8.67. The first-order valence-electron chi connectivity index (χ1n) is 8.99. The van der Waals surface area contributed by atoms with Crippen molar-refractivity contribution in [2.75, 3.05) is 7.05 Å². The summed E-state index contributed by atoms with van der Waals surface area (Å²) in [4.78, 5) is 16.2. The van der Waals surface area contributed by atoms with Crippen LogP contribution in [0.2, 0.25) is 5.02 Å². The molecule has 1 aromatic heterocycles. The number of amides is 1. The first-order valence-corrected chi connectivity index (χ1v) is 10.9. The van der Waals surface area contributed by atoms with Crippen molar-refractivity contribution in [3.63, 3.8) is 0 Å². The monoisotopic (exact) mass is 445 g/mol. The lowest BCUT2D eigenvalue weighted by atomic mass is 9.96. The number of hydroxylamine groups is 2. The molecule has 3 aromatic rings. The molecule has 0 atom stereocenters. The Morgan fingerprint density at radius 3 is 2.43 bits per heavy atom. The molecule has 0 aliphatic rings. The van der Waals surface area contributed by atoms with E-state index in [-0.39, 0.29) is 11.3 Å². The molecular formula is C21H20ClN3O4S. The van der Waals surface area contributed by atoms with E-state index in [0.717, 1.165) is 5.56 Å². The van der Waals surface area contributed by atoms with Gasteiger partial charge >= 0.3 is 0 Å². The highest BCUT2D eigenvalue weighted by atomic mass is 35.5. The molecule has 0 aliphatic heterocycles. The lowest BCUT2D eigenvalue weighted by Gasteiger charge is -2.15. The number of nitrogens with two attached hydrogens (primary N) is 1. The van der Waals surface area contributed by atoms with Crippen molar-refractivity contribution in [3.05, 3.63) is 71.4 Å². The summed E-state index contributed by atoms with van der Waals surface area (Å²) >= 11 is 5.99. The molecule has 0 saturated carbocycles. The van der Waals surface area contributed by atoms with Crippen LogP contribution in [0.5, 0.6) is 0 Å². The van der Waals surface area contributed by atoms with E-state index in [1.54, 1.807) is 54.7 Å². The molecule has 0 aliphatic carbocycles. The topological polar surface area (TPSA) is 114 Å². The van der Waals surface area contributed by atoms with Crippen LogP contribution < -0.4 is 5.14 Å². The minimum absolute atomic E-state index is 0.0228. The number of pyridine rings is 1. The van der Waals surface area contributed by atoms with Crippen LogP contribution in [-0.2, 0) is 21.2 Å². The molecule has 3 N–H and O–H groups in total. The lowest BCUT2D eigenvalue weighted by molar-refractivity contribution is -0.159. The number of rotatable bonds is 6. The Bertz CT molecular complexity index is 1180. The zero-order chi connectivity index (χ0) is 21.9. The summed E-state index contributed by atoms with van der Waals surface area (Å²) in [6.07, 6.45) is 2.02. The van der Waals surface area contributed by atoms with Gasteiger partial charge in [0.05, 0.1) is 10.6 Å². The van der Waals surface area contributed by atoms with E-state index in [9.17, 15) is 18.4 Å². The standard InChI is InChI=1S/C21H20ClN3O4S/c1-25(27)20(26)11-6-14-12-18(17-4-2-3-5-19(17)30(23,28)29)21(24-13-14)15-7-9-16(22)10-8-15/h2-5,7-10,12-13,27H,6,11H2,1H3,(H2,23,28,29). The van der Waals surface area contributed by atoms with Crippen molar-refractivity contribution in [1.29, 1.82) is 0 Å². The first-order chi connectivity index (χ1) is 14.2. The Morgan fingerprint density at radius 2 is 1.80 bits per heavy atom. The third-order valence-corrected chi connectivity index (χ3v) is 5.76. The zero-order valence-corrected chi connectivity index (χ0v) is 17.7. The van der Waals surface area contributed by atoms with Crippen LogP contribution in [0.4, 0.5) is 0 Å². The fraction of sp³-hybridized carbons (Fsp3) is 0.143. The minimum Gasteiger partial charge on any atom is -0.286 e. The quantitative estimate of drug-likeness (QED) is 0.445. The van der Waals surface area contributed by atoms with Gasteiger partial charge in [-0.3, -0.25) is 15.0 Å². The number of aromatic nitrogens is 1. The van der Waals surface area contributed by atoms with Gasteiger partial charge in [-0.2, -0.15) is 0 Å². The number of primary sulfonamides is 1. The zero-order valence-electron chi connectivity index (χ0n) is 16.1. The van der Waals surface area contributed by atoms with Crippen molar-refractivity contribution < 1.29 is 18.4 Å². The fourth-order valence-electron chi connectivity index (χ4n) is 3.04. The van der Waals surface area contributed by atoms with Gasteiger partial charge in [0.25, 0.3) is 0 Å². The molecule has 0 fully saturated rings. The Morgan fingerprint density at radius 1 is 1.13 bits per heavy atom. The van der Waals surface area contributed by atoms with Crippen LogP contribution in [0.25, 0.3) is 22.4 Å². The summed E-state index contributed by atoms with van der Waals surface area (Å²) in [5, 5.41) is 15.8. The van der Waals surface area contributed by atoms with Crippen molar-refractivity contribution in [2.45, 2.75) is 17.7 Å². The first kappa shape index (κ1) is 21.9. The normalized spacial score (nSPS) is 11.3. The number of carbonyl (C=O) groups excluding carboxylic acids is 1. The molecule has 30 heavy (non-hydrogen) atoms. The summed E-state index contributed by atoms with van der Waals surface area (Å²) in [6, 6.07) is 15.2. The maximum absolute atomic E-state index is 12.2. The van der Waals surface area contributed by atoms with Crippen LogP contribution in [0.1, 0.15) is 12.0 Å². The van der Waals surface area contributed by atoms with E-state index >= 15 is 0 Å². The molecule has 0 radical (unpaired) electrons. The molecule has 0 bridgehead atoms. The van der Waals surface area contributed by atoms with E-state index in [1.165, 1.54) is 13.1 Å². The Hall–Kier alpha value is -2.78. The van der Waals surface area contributed by atoms with E-state index < -0.39 is 15.9 Å². The average molecular weight is 446 g/mol. The van der Waals surface area contributed by atoms with Crippen LogP contribution in [0, 0.1) is 0 Å².